The number of hydrogen-bond acceptors (Lipinski definition) is 6. The van der Waals surface area contributed by atoms with Gasteiger partial charge in [0.25, 0.3) is 5.91 Å². The van der Waals surface area contributed by atoms with Crippen LogP contribution in [0.1, 0.15) is 20.3 Å². The first-order valence-corrected chi connectivity index (χ1v) is 11.5. The number of aliphatic imine (C=N–C) groups is 1. The zero-order valence-corrected chi connectivity index (χ0v) is 17.5. The van der Waals surface area contributed by atoms with E-state index >= 15 is 0 Å². The van der Waals surface area contributed by atoms with E-state index in [0.29, 0.717) is 28.8 Å². The van der Waals surface area contributed by atoms with E-state index in [1.165, 1.54) is 11.8 Å². The number of hydrogen-bond donors (Lipinski definition) is 0. The predicted molar refractivity (Wildman–Crippen MR) is 108 cm³/mol. The maximum atomic E-state index is 12.4. The molecule has 2 aliphatic rings. The van der Waals surface area contributed by atoms with Gasteiger partial charge >= 0.3 is 0 Å². The molecule has 3 rings (SSSR count). The van der Waals surface area contributed by atoms with Crippen molar-refractivity contribution < 1.29 is 22.7 Å². The number of nitrogens with zero attached hydrogens (tertiary/aromatic N) is 2. The molecule has 1 aromatic rings. The Balaban J connectivity index is 2.06. The van der Waals surface area contributed by atoms with Crippen LogP contribution in [0.2, 0.25) is 0 Å². The molecule has 2 fully saturated rings. The number of carbonyl (C=O) groups excluding carboxylic acids is 1. The van der Waals surface area contributed by atoms with E-state index in [1.807, 2.05) is 24.8 Å². The first-order valence-electron chi connectivity index (χ1n) is 8.80. The molecule has 2 aliphatic heterocycles. The molecule has 1 aromatic carbocycles. The van der Waals surface area contributed by atoms with Crippen molar-refractivity contribution in [3.8, 4) is 11.5 Å². The van der Waals surface area contributed by atoms with Crippen LogP contribution < -0.4 is 14.4 Å². The van der Waals surface area contributed by atoms with E-state index in [0.717, 1.165) is 0 Å². The number of rotatable bonds is 5. The minimum absolute atomic E-state index is 0.0381. The molecule has 0 bridgehead atoms. The Morgan fingerprint density at radius 3 is 2.70 bits per heavy atom. The van der Waals surface area contributed by atoms with Gasteiger partial charge in [-0.25, -0.2) is 8.42 Å². The van der Waals surface area contributed by atoms with Gasteiger partial charge in [0.1, 0.15) is 11.5 Å². The zero-order chi connectivity index (χ0) is 19.8. The highest BCUT2D eigenvalue weighted by Gasteiger charge is 2.50. The topological polar surface area (TPSA) is 85.3 Å². The number of ether oxygens (including phenoxy) is 2. The van der Waals surface area contributed by atoms with Crippen LogP contribution in [0.3, 0.4) is 0 Å². The quantitative estimate of drug-likeness (QED) is 0.734. The van der Waals surface area contributed by atoms with Crippen LogP contribution in [-0.4, -0.2) is 56.5 Å². The Morgan fingerprint density at radius 2 is 2.07 bits per heavy atom. The van der Waals surface area contributed by atoms with Gasteiger partial charge in [0.05, 0.1) is 37.5 Å². The highest BCUT2D eigenvalue weighted by atomic mass is 32.2. The number of methoxy groups -OCH3 is 2. The molecule has 0 aliphatic carbocycles. The molecule has 2 saturated heterocycles. The third-order valence-electron chi connectivity index (χ3n) is 4.95. The maximum absolute atomic E-state index is 12.4. The standard InChI is InChI=1S/C18H24N2O5S2/c1-5-11(2)17(21)19-18-20(14-9-27(22,23)10-16(14)26-18)13-7-6-12(24-3)8-15(13)25-4/h6-8,11,14,16H,5,9-10H2,1-4H3/t11-,14+,16+/m0/s1. The van der Waals surface area contributed by atoms with Crippen molar-refractivity contribution in [1.82, 2.24) is 0 Å². The minimum Gasteiger partial charge on any atom is -0.497 e. The number of fused-ring (bicyclic) bond motifs is 1. The summed E-state index contributed by atoms with van der Waals surface area (Å²) in [5.74, 6) is 0.933. The van der Waals surface area contributed by atoms with Crippen LogP contribution in [0.15, 0.2) is 23.2 Å². The molecule has 7 nitrogen and oxygen atoms in total. The smallest absolute Gasteiger partial charge is 0.250 e. The fourth-order valence-electron chi connectivity index (χ4n) is 3.21. The number of anilines is 1. The number of sulfone groups is 1. The maximum Gasteiger partial charge on any atom is 0.250 e. The second-order valence-electron chi connectivity index (χ2n) is 6.75. The molecule has 0 saturated carbocycles. The van der Waals surface area contributed by atoms with E-state index in [4.69, 9.17) is 9.47 Å². The van der Waals surface area contributed by atoms with Gasteiger partial charge in [0.15, 0.2) is 15.0 Å². The largest absolute Gasteiger partial charge is 0.497 e. The molecule has 3 atom stereocenters. The number of thioether (sulfide) groups is 1. The van der Waals surface area contributed by atoms with Gasteiger partial charge < -0.3 is 14.4 Å². The molecule has 27 heavy (non-hydrogen) atoms. The van der Waals surface area contributed by atoms with Gasteiger partial charge in [-0.05, 0) is 18.6 Å². The SMILES string of the molecule is CC[C@H](C)C(=O)N=C1S[C@@H]2CS(=O)(=O)C[C@H]2N1c1ccc(OC)cc1OC. The molecule has 0 radical (unpaired) electrons. The highest BCUT2D eigenvalue weighted by Crippen LogP contribution is 2.44. The van der Waals surface area contributed by atoms with Crippen molar-refractivity contribution in [3.05, 3.63) is 18.2 Å². The lowest BCUT2D eigenvalue weighted by atomic mass is 10.1. The molecule has 9 heteroatoms. The summed E-state index contributed by atoms with van der Waals surface area (Å²) in [4.78, 5) is 18.6. The van der Waals surface area contributed by atoms with E-state index in [1.54, 1.807) is 26.4 Å². The van der Waals surface area contributed by atoms with Crippen LogP contribution in [0.5, 0.6) is 11.5 Å². The lowest BCUT2D eigenvalue weighted by Crippen LogP contribution is -2.38. The third-order valence-corrected chi connectivity index (χ3v) is 8.16. The molecule has 0 aromatic heterocycles. The van der Waals surface area contributed by atoms with Crippen molar-refractivity contribution in [2.45, 2.75) is 31.6 Å². The first kappa shape index (κ1) is 20.0. The van der Waals surface area contributed by atoms with E-state index in [-0.39, 0.29) is 34.6 Å². The summed E-state index contributed by atoms with van der Waals surface area (Å²) < 4.78 is 35.1. The van der Waals surface area contributed by atoms with Crippen molar-refractivity contribution in [2.24, 2.45) is 10.9 Å². The van der Waals surface area contributed by atoms with Crippen LogP contribution in [-0.2, 0) is 14.6 Å². The average Bonchev–Trinajstić information content (AvgIpc) is 3.11. The normalized spacial score (nSPS) is 26.1. The zero-order valence-electron chi connectivity index (χ0n) is 15.8. The van der Waals surface area contributed by atoms with Crippen molar-refractivity contribution in [1.29, 1.82) is 0 Å². The highest BCUT2D eigenvalue weighted by molar-refractivity contribution is 8.16. The fourth-order valence-corrected chi connectivity index (χ4v) is 7.12. The van der Waals surface area contributed by atoms with E-state index < -0.39 is 9.84 Å². The molecular weight excluding hydrogens is 388 g/mol. The summed E-state index contributed by atoms with van der Waals surface area (Å²) in [6, 6.07) is 5.07. The number of amidine groups is 1. The van der Waals surface area contributed by atoms with Crippen LogP contribution >= 0.6 is 11.8 Å². The molecular formula is C18H24N2O5S2. The van der Waals surface area contributed by atoms with Gasteiger partial charge in [0.2, 0.25) is 0 Å². The molecule has 1 amide bonds. The lowest BCUT2D eigenvalue weighted by molar-refractivity contribution is -0.121. The Hall–Kier alpha value is -1.74. The van der Waals surface area contributed by atoms with Gasteiger partial charge in [-0.15, -0.1) is 0 Å². The Labute approximate surface area is 164 Å². The summed E-state index contributed by atoms with van der Waals surface area (Å²) in [6.07, 6.45) is 0.702. The number of carbonyl (C=O) groups is 1. The Kier molecular flexibility index (Phi) is 5.71. The molecule has 0 N–H and O–H groups in total. The van der Waals surface area contributed by atoms with E-state index in [2.05, 4.69) is 4.99 Å². The van der Waals surface area contributed by atoms with Gasteiger partial charge in [0, 0.05) is 17.2 Å². The van der Waals surface area contributed by atoms with Crippen molar-refractivity contribution in [3.63, 3.8) is 0 Å². The average molecular weight is 413 g/mol. The Morgan fingerprint density at radius 1 is 1.33 bits per heavy atom. The van der Waals surface area contributed by atoms with E-state index in [9.17, 15) is 13.2 Å². The molecule has 148 valence electrons. The summed E-state index contributed by atoms with van der Waals surface area (Å²) in [6.45, 7) is 3.78. The summed E-state index contributed by atoms with van der Waals surface area (Å²) in [5, 5.41) is 0.388. The number of benzene rings is 1. The van der Waals surface area contributed by atoms with Crippen molar-refractivity contribution in [2.75, 3.05) is 30.6 Å². The summed E-state index contributed by atoms with van der Waals surface area (Å²) >= 11 is 1.36. The number of amides is 1. The van der Waals surface area contributed by atoms with Crippen molar-refractivity contribution >= 4 is 38.4 Å². The minimum atomic E-state index is -3.12. The second-order valence-corrected chi connectivity index (χ2v) is 10.1. The fraction of sp³-hybridized carbons (Fsp3) is 0.556. The second kappa shape index (κ2) is 7.71. The Bertz CT molecular complexity index is 869. The van der Waals surface area contributed by atoms with Gasteiger partial charge in [-0.3, -0.25) is 4.79 Å². The van der Waals surface area contributed by atoms with Crippen LogP contribution in [0.25, 0.3) is 0 Å². The molecule has 2 heterocycles. The summed E-state index contributed by atoms with van der Waals surface area (Å²) in [5.41, 5.74) is 0.686. The monoisotopic (exact) mass is 412 g/mol. The molecule has 0 spiro atoms. The van der Waals surface area contributed by atoms with Gasteiger partial charge in [-0.2, -0.15) is 4.99 Å². The van der Waals surface area contributed by atoms with Gasteiger partial charge in [-0.1, -0.05) is 25.6 Å². The predicted octanol–water partition coefficient (Wildman–Crippen LogP) is 2.35. The van der Waals surface area contributed by atoms with Crippen LogP contribution in [0.4, 0.5) is 5.69 Å². The third kappa shape index (κ3) is 3.94. The first-order chi connectivity index (χ1) is 12.8. The summed E-state index contributed by atoms with van der Waals surface area (Å²) in [7, 11) is -0.00565. The lowest BCUT2D eigenvalue weighted by Gasteiger charge is -2.26. The van der Waals surface area contributed by atoms with Crippen LogP contribution in [0, 0.1) is 5.92 Å². The molecule has 0 unspecified atom stereocenters.